The maximum absolute atomic E-state index is 12.7. The van der Waals surface area contributed by atoms with Crippen LogP contribution >= 0.6 is 11.6 Å². The van der Waals surface area contributed by atoms with Crippen molar-refractivity contribution in [1.29, 1.82) is 0 Å². The minimum atomic E-state index is -4.55. The van der Waals surface area contributed by atoms with Crippen molar-refractivity contribution in [2.75, 3.05) is 6.61 Å². The number of pyridine rings is 1. The van der Waals surface area contributed by atoms with Gasteiger partial charge in [-0.3, -0.25) is 9.36 Å². The van der Waals surface area contributed by atoms with Gasteiger partial charge in [0.2, 0.25) is 0 Å². The Morgan fingerprint density at radius 2 is 2.21 bits per heavy atom. The number of alkyl halides is 3. The molecule has 0 aliphatic carbocycles. The molecule has 0 saturated carbocycles. The summed E-state index contributed by atoms with van der Waals surface area (Å²) in [4.78, 5) is 16.0. The first kappa shape index (κ1) is 18.3. The highest BCUT2D eigenvalue weighted by Gasteiger charge is 2.32. The molecule has 2 aromatic heterocycles. The highest BCUT2D eigenvalue weighted by Crippen LogP contribution is 2.32. The van der Waals surface area contributed by atoms with Crippen molar-refractivity contribution < 1.29 is 23.1 Å². The van der Waals surface area contributed by atoms with Gasteiger partial charge in [-0.1, -0.05) is 11.6 Å². The molecule has 0 aliphatic heterocycles. The van der Waals surface area contributed by atoms with E-state index in [1.165, 1.54) is 16.8 Å². The van der Waals surface area contributed by atoms with Crippen LogP contribution < -0.4 is 5.32 Å². The molecule has 5 nitrogen and oxygen atoms in total. The Balaban J connectivity index is 2.32. The van der Waals surface area contributed by atoms with E-state index < -0.39 is 17.6 Å². The maximum atomic E-state index is 12.7. The fourth-order valence-corrected chi connectivity index (χ4v) is 2.33. The van der Waals surface area contributed by atoms with Gasteiger partial charge in [0.05, 0.1) is 10.6 Å². The minimum absolute atomic E-state index is 0.0228. The van der Waals surface area contributed by atoms with Gasteiger partial charge in [-0.2, -0.15) is 13.2 Å². The monoisotopic (exact) mass is 361 g/mol. The third-order valence-electron chi connectivity index (χ3n) is 3.30. The number of rotatable bonds is 5. The Kier molecular flexibility index (Phi) is 5.51. The van der Waals surface area contributed by atoms with E-state index in [0.29, 0.717) is 12.6 Å². The second-order valence-corrected chi connectivity index (χ2v) is 5.58. The van der Waals surface area contributed by atoms with Crippen molar-refractivity contribution in [3.05, 3.63) is 46.9 Å². The molecule has 0 fully saturated rings. The van der Waals surface area contributed by atoms with Gasteiger partial charge in [-0.25, -0.2) is 4.98 Å². The van der Waals surface area contributed by atoms with E-state index in [9.17, 15) is 18.0 Å². The molecule has 0 aliphatic rings. The summed E-state index contributed by atoms with van der Waals surface area (Å²) < 4.78 is 39.3. The first-order chi connectivity index (χ1) is 11.2. The van der Waals surface area contributed by atoms with Gasteiger partial charge in [-0.05, 0) is 31.5 Å². The van der Waals surface area contributed by atoms with Crippen molar-refractivity contribution >= 4 is 17.5 Å². The largest absolute Gasteiger partial charge is 0.417 e. The van der Waals surface area contributed by atoms with E-state index >= 15 is 0 Å². The molecular weight excluding hydrogens is 347 g/mol. The number of hydrogen-bond acceptors (Lipinski definition) is 3. The lowest BCUT2D eigenvalue weighted by Gasteiger charge is -2.15. The number of nitrogens with zero attached hydrogens (tertiary/aromatic N) is 2. The molecule has 0 spiro atoms. The molecule has 1 unspecified atom stereocenters. The number of amides is 1. The molecule has 0 bridgehead atoms. The lowest BCUT2D eigenvalue weighted by atomic mass is 10.2. The van der Waals surface area contributed by atoms with Crippen molar-refractivity contribution in [2.45, 2.75) is 25.6 Å². The van der Waals surface area contributed by atoms with Gasteiger partial charge >= 0.3 is 6.18 Å². The first-order valence-corrected chi connectivity index (χ1v) is 7.44. The van der Waals surface area contributed by atoms with Gasteiger partial charge in [-0.15, -0.1) is 0 Å². The van der Waals surface area contributed by atoms with E-state index in [1.54, 1.807) is 13.0 Å². The first-order valence-electron chi connectivity index (χ1n) is 7.06. The number of aliphatic hydroxyl groups excluding tert-OH is 1. The highest BCUT2D eigenvalue weighted by atomic mass is 35.5. The number of hydrogen-bond donors (Lipinski definition) is 2. The second kappa shape index (κ2) is 7.23. The predicted molar refractivity (Wildman–Crippen MR) is 82.2 cm³/mol. The molecule has 2 heterocycles. The van der Waals surface area contributed by atoms with E-state index in [2.05, 4.69) is 10.3 Å². The molecule has 24 heavy (non-hydrogen) atoms. The minimum Gasteiger partial charge on any atom is -0.396 e. The third-order valence-corrected chi connectivity index (χ3v) is 3.58. The predicted octanol–water partition coefficient (Wildman–Crippen LogP) is 3.05. The Morgan fingerprint density at radius 3 is 2.79 bits per heavy atom. The SMILES string of the molecule is CC(CCO)NC(=O)c1cccn1-c1ncc(C(F)(F)F)cc1Cl. The van der Waals surface area contributed by atoms with Crippen molar-refractivity contribution in [2.24, 2.45) is 0 Å². The van der Waals surface area contributed by atoms with Crippen LogP contribution in [-0.4, -0.2) is 33.2 Å². The van der Waals surface area contributed by atoms with E-state index in [4.69, 9.17) is 16.7 Å². The molecule has 9 heteroatoms. The van der Waals surface area contributed by atoms with E-state index in [0.717, 1.165) is 6.07 Å². The Morgan fingerprint density at radius 1 is 1.50 bits per heavy atom. The third kappa shape index (κ3) is 4.07. The van der Waals surface area contributed by atoms with Crippen LogP contribution in [0.1, 0.15) is 29.4 Å². The topological polar surface area (TPSA) is 67.2 Å². The Hall–Kier alpha value is -2.06. The molecule has 1 amide bonds. The number of carbonyl (C=O) groups excluding carboxylic acids is 1. The van der Waals surface area contributed by atoms with Crippen LogP contribution in [0.3, 0.4) is 0 Å². The second-order valence-electron chi connectivity index (χ2n) is 5.18. The smallest absolute Gasteiger partial charge is 0.396 e. The summed E-state index contributed by atoms with van der Waals surface area (Å²) >= 11 is 5.91. The number of halogens is 4. The fraction of sp³-hybridized carbons (Fsp3) is 0.333. The van der Waals surface area contributed by atoms with E-state index in [1.807, 2.05) is 0 Å². The van der Waals surface area contributed by atoms with Crippen molar-refractivity contribution in [1.82, 2.24) is 14.9 Å². The lowest BCUT2D eigenvalue weighted by molar-refractivity contribution is -0.137. The highest BCUT2D eigenvalue weighted by molar-refractivity contribution is 6.32. The summed E-state index contributed by atoms with van der Waals surface area (Å²) in [5.41, 5.74) is -0.792. The summed E-state index contributed by atoms with van der Waals surface area (Å²) in [5, 5.41) is 11.3. The quantitative estimate of drug-likeness (QED) is 0.860. The van der Waals surface area contributed by atoms with Crippen LogP contribution in [0.15, 0.2) is 30.6 Å². The van der Waals surface area contributed by atoms with Crippen LogP contribution in [0.4, 0.5) is 13.2 Å². The zero-order valence-electron chi connectivity index (χ0n) is 12.6. The zero-order valence-corrected chi connectivity index (χ0v) is 13.4. The molecule has 0 radical (unpaired) electrons. The van der Waals surface area contributed by atoms with Gasteiger partial charge in [0.15, 0.2) is 5.82 Å². The molecule has 2 aromatic rings. The van der Waals surface area contributed by atoms with Crippen LogP contribution in [0.25, 0.3) is 5.82 Å². The number of aliphatic hydroxyl groups is 1. The van der Waals surface area contributed by atoms with Crippen molar-refractivity contribution in [3.63, 3.8) is 0 Å². The van der Waals surface area contributed by atoms with Gasteiger partial charge < -0.3 is 10.4 Å². The summed E-state index contributed by atoms with van der Waals surface area (Å²) in [6.45, 7) is 1.65. The Bertz CT molecular complexity index is 731. The van der Waals surface area contributed by atoms with Crippen molar-refractivity contribution in [3.8, 4) is 5.82 Å². The molecule has 0 saturated heterocycles. The normalized spacial score (nSPS) is 12.9. The van der Waals surface area contributed by atoms with Gasteiger partial charge in [0.25, 0.3) is 5.91 Å². The molecule has 1 atom stereocenters. The standard InChI is InChI=1S/C15H15ClF3N3O2/c1-9(4-6-23)21-14(24)12-3-2-5-22(12)13-11(16)7-10(8-20-13)15(17,18)19/h2-3,5,7-9,23H,4,6H2,1H3,(H,21,24). The zero-order chi connectivity index (χ0) is 17.9. The molecular formula is C15H15ClF3N3O2. The number of aromatic nitrogens is 2. The molecule has 2 N–H and O–H groups in total. The van der Waals surface area contributed by atoms with Gasteiger partial charge in [0.1, 0.15) is 5.69 Å². The molecule has 130 valence electrons. The fourth-order valence-electron chi connectivity index (χ4n) is 2.08. The lowest BCUT2D eigenvalue weighted by Crippen LogP contribution is -2.34. The summed E-state index contributed by atoms with van der Waals surface area (Å²) in [6.07, 6.45) is -2.03. The maximum Gasteiger partial charge on any atom is 0.417 e. The number of carbonyl (C=O) groups is 1. The van der Waals surface area contributed by atoms with Crippen LogP contribution in [-0.2, 0) is 6.18 Å². The molecule has 0 aromatic carbocycles. The van der Waals surface area contributed by atoms with E-state index in [-0.39, 0.29) is 29.2 Å². The average molecular weight is 362 g/mol. The summed E-state index contributed by atoms with van der Waals surface area (Å²) in [6, 6.07) is 3.56. The molecule has 2 rings (SSSR count). The van der Waals surface area contributed by atoms with Crippen LogP contribution in [0, 0.1) is 0 Å². The van der Waals surface area contributed by atoms with Crippen LogP contribution in [0.2, 0.25) is 5.02 Å². The number of nitrogens with one attached hydrogen (secondary N) is 1. The summed E-state index contributed by atoms with van der Waals surface area (Å²) in [7, 11) is 0. The van der Waals surface area contributed by atoms with Gasteiger partial charge in [0, 0.05) is 25.0 Å². The Labute approximate surface area is 141 Å². The average Bonchev–Trinajstić information content (AvgIpc) is 2.95. The summed E-state index contributed by atoms with van der Waals surface area (Å²) in [5.74, 6) is -0.423. The van der Waals surface area contributed by atoms with Crippen LogP contribution in [0.5, 0.6) is 0 Å².